The average molecular weight is 278 g/mol. The maximum absolute atomic E-state index is 5.73. The van der Waals surface area contributed by atoms with E-state index in [0.717, 1.165) is 11.4 Å². The Morgan fingerprint density at radius 1 is 0.810 bits per heavy atom. The Morgan fingerprint density at radius 3 is 2.24 bits per heavy atom. The van der Waals surface area contributed by atoms with E-state index in [-0.39, 0.29) is 6.10 Å². The van der Waals surface area contributed by atoms with Gasteiger partial charge in [0.15, 0.2) is 0 Å². The van der Waals surface area contributed by atoms with E-state index in [1.165, 1.54) is 0 Å². The molecule has 3 aromatic heterocycles. The summed E-state index contributed by atoms with van der Waals surface area (Å²) in [4.78, 5) is 8.49. The molecule has 1 unspecified atom stereocenters. The molecule has 0 spiro atoms. The minimum absolute atomic E-state index is 0.179. The van der Waals surface area contributed by atoms with Crippen molar-refractivity contribution in [3.8, 4) is 17.3 Å². The van der Waals surface area contributed by atoms with Crippen LogP contribution in [-0.2, 0) is 0 Å². The van der Waals surface area contributed by atoms with E-state index in [9.17, 15) is 0 Å². The van der Waals surface area contributed by atoms with Gasteiger partial charge in [0.1, 0.15) is 11.8 Å². The summed E-state index contributed by atoms with van der Waals surface area (Å²) in [6, 6.07) is 15.0. The fourth-order valence-corrected chi connectivity index (χ4v) is 1.89. The van der Waals surface area contributed by atoms with Crippen molar-refractivity contribution in [1.29, 1.82) is 0 Å². The van der Waals surface area contributed by atoms with E-state index in [1.54, 1.807) is 18.5 Å². The molecule has 0 fully saturated rings. The van der Waals surface area contributed by atoms with Gasteiger partial charge in [0.25, 0.3) is 0 Å². The number of hydrogen-bond acceptors (Lipinski definition) is 5. The minimum Gasteiger partial charge on any atom is -0.467 e. The third kappa shape index (κ3) is 3.20. The molecule has 0 bridgehead atoms. The van der Waals surface area contributed by atoms with Crippen LogP contribution in [0.1, 0.15) is 18.7 Å². The fraction of sp³-hybridized carbons (Fsp3) is 0.125. The zero-order valence-electron chi connectivity index (χ0n) is 11.5. The molecule has 21 heavy (non-hydrogen) atoms. The van der Waals surface area contributed by atoms with Crippen LogP contribution in [-0.4, -0.2) is 20.2 Å². The summed E-state index contributed by atoms with van der Waals surface area (Å²) in [5, 5.41) is 8.22. The van der Waals surface area contributed by atoms with Crippen molar-refractivity contribution in [1.82, 2.24) is 20.2 Å². The van der Waals surface area contributed by atoms with E-state index >= 15 is 0 Å². The van der Waals surface area contributed by atoms with Crippen LogP contribution in [0.3, 0.4) is 0 Å². The highest BCUT2D eigenvalue weighted by Gasteiger charge is 2.09. The molecule has 0 aliphatic heterocycles. The quantitative estimate of drug-likeness (QED) is 0.734. The molecule has 5 nitrogen and oxygen atoms in total. The largest absolute Gasteiger partial charge is 0.467 e. The Morgan fingerprint density at radius 2 is 1.62 bits per heavy atom. The first kappa shape index (κ1) is 13.2. The SMILES string of the molecule is CC(Oc1ccc(-c2ccccn2)nn1)c1ccccn1. The van der Waals surface area contributed by atoms with Crippen molar-refractivity contribution < 1.29 is 4.74 Å². The van der Waals surface area contributed by atoms with Crippen molar-refractivity contribution in [3.05, 3.63) is 66.6 Å². The summed E-state index contributed by atoms with van der Waals surface area (Å²) >= 11 is 0. The first-order valence-electron chi connectivity index (χ1n) is 6.65. The molecular weight excluding hydrogens is 264 g/mol. The molecule has 3 aromatic rings. The average Bonchev–Trinajstić information content (AvgIpc) is 2.57. The Labute approximate surface area is 122 Å². The maximum atomic E-state index is 5.73. The lowest BCUT2D eigenvalue weighted by Crippen LogP contribution is -2.06. The topological polar surface area (TPSA) is 60.8 Å². The van der Waals surface area contributed by atoms with Crippen molar-refractivity contribution >= 4 is 0 Å². The van der Waals surface area contributed by atoms with Crippen molar-refractivity contribution in [3.63, 3.8) is 0 Å². The summed E-state index contributed by atoms with van der Waals surface area (Å²) < 4.78 is 5.73. The van der Waals surface area contributed by atoms with Crippen LogP contribution in [0.15, 0.2) is 60.9 Å². The van der Waals surface area contributed by atoms with Gasteiger partial charge in [0.2, 0.25) is 5.88 Å². The van der Waals surface area contributed by atoms with Crippen LogP contribution in [0.4, 0.5) is 0 Å². The van der Waals surface area contributed by atoms with Crippen molar-refractivity contribution in [2.75, 3.05) is 0 Å². The second-order valence-corrected chi connectivity index (χ2v) is 4.49. The molecule has 3 heterocycles. The van der Waals surface area contributed by atoms with Crippen LogP contribution in [0, 0.1) is 0 Å². The molecule has 0 radical (unpaired) electrons. The Bertz CT molecular complexity index is 686. The number of ether oxygens (including phenoxy) is 1. The molecule has 0 N–H and O–H groups in total. The maximum Gasteiger partial charge on any atom is 0.234 e. The molecule has 0 amide bonds. The number of hydrogen-bond donors (Lipinski definition) is 0. The molecule has 0 aliphatic rings. The van der Waals surface area contributed by atoms with Gasteiger partial charge in [0, 0.05) is 18.5 Å². The highest BCUT2D eigenvalue weighted by atomic mass is 16.5. The van der Waals surface area contributed by atoms with Gasteiger partial charge in [-0.15, -0.1) is 10.2 Å². The minimum atomic E-state index is -0.179. The van der Waals surface area contributed by atoms with Crippen LogP contribution < -0.4 is 4.74 Å². The smallest absolute Gasteiger partial charge is 0.234 e. The van der Waals surface area contributed by atoms with Crippen LogP contribution in [0.25, 0.3) is 11.4 Å². The fourth-order valence-electron chi connectivity index (χ4n) is 1.89. The van der Waals surface area contributed by atoms with E-state index in [0.29, 0.717) is 11.6 Å². The second kappa shape index (κ2) is 6.09. The molecule has 0 saturated carbocycles. The molecule has 104 valence electrons. The van der Waals surface area contributed by atoms with E-state index in [2.05, 4.69) is 20.2 Å². The summed E-state index contributed by atoms with van der Waals surface area (Å²) in [6.45, 7) is 1.93. The summed E-state index contributed by atoms with van der Waals surface area (Å²) in [7, 11) is 0. The summed E-state index contributed by atoms with van der Waals surface area (Å²) in [5.74, 6) is 0.466. The molecule has 0 saturated heterocycles. The lowest BCUT2D eigenvalue weighted by molar-refractivity contribution is 0.210. The van der Waals surface area contributed by atoms with Gasteiger partial charge >= 0.3 is 0 Å². The number of aromatic nitrogens is 4. The van der Waals surface area contributed by atoms with Gasteiger partial charge in [-0.2, -0.15) is 0 Å². The molecule has 1 atom stereocenters. The normalized spacial score (nSPS) is 11.9. The van der Waals surface area contributed by atoms with E-state index in [1.807, 2.05) is 49.4 Å². The number of nitrogens with zero attached hydrogens (tertiary/aromatic N) is 4. The number of pyridine rings is 2. The lowest BCUT2D eigenvalue weighted by atomic mass is 10.2. The third-order valence-corrected chi connectivity index (χ3v) is 2.97. The van der Waals surface area contributed by atoms with Gasteiger partial charge < -0.3 is 4.74 Å². The number of rotatable bonds is 4. The second-order valence-electron chi connectivity index (χ2n) is 4.49. The molecule has 0 aromatic carbocycles. The Hall–Kier alpha value is -2.82. The van der Waals surface area contributed by atoms with Crippen molar-refractivity contribution in [2.24, 2.45) is 0 Å². The highest BCUT2D eigenvalue weighted by Crippen LogP contribution is 2.19. The summed E-state index contributed by atoms with van der Waals surface area (Å²) in [5.41, 5.74) is 2.36. The molecule has 0 aliphatic carbocycles. The van der Waals surface area contributed by atoms with Crippen LogP contribution in [0.5, 0.6) is 5.88 Å². The van der Waals surface area contributed by atoms with Gasteiger partial charge in [-0.3, -0.25) is 9.97 Å². The lowest BCUT2D eigenvalue weighted by Gasteiger charge is -2.12. The molecule has 5 heteroatoms. The monoisotopic (exact) mass is 278 g/mol. The first-order chi connectivity index (χ1) is 10.3. The van der Waals surface area contributed by atoms with Crippen molar-refractivity contribution in [2.45, 2.75) is 13.0 Å². The first-order valence-corrected chi connectivity index (χ1v) is 6.65. The zero-order chi connectivity index (χ0) is 14.5. The third-order valence-electron chi connectivity index (χ3n) is 2.97. The Balaban J connectivity index is 1.73. The molecule has 3 rings (SSSR count). The van der Waals surface area contributed by atoms with E-state index < -0.39 is 0 Å². The molecular formula is C16H14N4O. The van der Waals surface area contributed by atoms with Gasteiger partial charge in [-0.1, -0.05) is 12.1 Å². The van der Waals surface area contributed by atoms with Crippen LogP contribution in [0.2, 0.25) is 0 Å². The van der Waals surface area contributed by atoms with Gasteiger partial charge in [-0.05, 0) is 37.3 Å². The predicted molar refractivity (Wildman–Crippen MR) is 78.5 cm³/mol. The standard InChI is InChI=1S/C16H14N4O/c1-12(13-6-2-4-10-17-13)21-16-9-8-15(19-20-16)14-7-3-5-11-18-14/h2-12H,1H3. The van der Waals surface area contributed by atoms with Gasteiger partial charge in [0.05, 0.1) is 11.4 Å². The summed E-state index contributed by atoms with van der Waals surface area (Å²) in [6.07, 6.45) is 3.29. The zero-order valence-corrected chi connectivity index (χ0v) is 11.5. The van der Waals surface area contributed by atoms with E-state index in [4.69, 9.17) is 4.74 Å². The van der Waals surface area contributed by atoms with Crippen LogP contribution >= 0.6 is 0 Å². The Kier molecular flexibility index (Phi) is 3.82. The van der Waals surface area contributed by atoms with Gasteiger partial charge in [-0.25, -0.2) is 0 Å². The highest BCUT2D eigenvalue weighted by molar-refractivity contribution is 5.52. The predicted octanol–water partition coefficient (Wildman–Crippen LogP) is 3.07.